The topological polar surface area (TPSA) is 82.5 Å². The van der Waals surface area contributed by atoms with E-state index in [0.29, 0.717) is 19.5 Å². The lowest BCUT2D eigenvalue weighted by Gasteiger charge is -2.32. The largest absolute Gasteiger partial charge is 0.506 e. The van der Waals surface area contributed by atoms with Crippen LogP contribution in [0, 0.1) is 0 Å². The summed E-state index contributed by atoms with van der Waals surface area (Å²) in [5.74, 6) is -0.562. The lowest BCUT2D eigenvalue weighted by Crippen LogP contribution is -2.51. The molecule has 6 nitrogen and oxygen atoms in total. The van der Waals surface area contributed by atoms with Crippen LogP contribution in [-0.2, 0) is 11.3 Å². The zero-order chi connectivity index (χ0) is 16.9. The van der Waals surface area contributed by atoms with Crippen LogP contribution in [0.15, 0.2) is 48.8 Å². The quantitative estimate of drug-likeness (QED) is 0.896. The van der Waals surface area contributed by atoms with Gasteiger partial charge in [-0.15, -0.1) is 0 Å². The van der Waals surface area contributed by atoms with Crippen molar-refractivity contribution < 1.29 is 14.7 Å². The summed E-state index contributed by atoms with van der Waals surface area (Å²) in [6.07, 6.45) is 4.07. The molecule has 6 heteroatoms. The van der Waals surface area contributed by atoms with Crippen molar-refractivity contribution in [1.82, 2.24) is 15.2 Å². The molecule has 1 saturated heterocycles. The van der Waals surface area contributed by atoms with Crippen molar-refractivity contribution in [2.24, 2.45) is 0 Å². The SMILES string of the molecule is O=C(NC1CCCN(Cc2ccccc2)C1=O)c1cncc(O)c1. The lowest BCUT2D eigenvalue weighted by atomic mass is 10.0. The molecule has 0 bridgehead atoms. The Labute approximate surface area is 140 Å². The third-order valence-corrected chi connectivity index (χ3v) is 4.04. The standard InChI is InChI=1S/C18H19N3O3/c22-15-9-14(10-19-11-15)17(23)20-16-7-4-8-21(18(16)24)12-13-5-2-1-3-6-13/h1-3,5-6,9-11,16,22H,4,7-8,12H2,(H,20,23). The normalized spacial score (nSPS) is 17.6. The molecule has 0 spiro atoms. The maximum atomic E-state index is 12.6. The predicted molar refractivity (Wildman–Crippen MR) is 88.2 cm³/mol. The van der Waals surface area contributed by atoms with Crippen molar-refractivity contribution in [2.75, 3.05) is 6.54 Å². The molecule has 124 valence electrons. The van der Waals surface area contributed by atoms with Gasteiger partial charge in [0.05, 0.1) is 11.8 Å². The molecule has 24 heavy (non-hydrogen) atoms. The molecule has 2 amide bonds. The van der Waals surface area contributed by atoms with E-state index in [1.54, 1.807) is 4.90 Å². The van der Waals surface area contributed by atoms with E-state index in [4.69, 9.17) is 0 Å². The Kier molecular flexibility index (Phi) is 4.74. The minimum Gasteiger partial charge on any atom is -0.506 e. The molecule has 0 radical (unpaired) electrons. The number of aromatic nitrogens is 1. The summed E-state index contributed by atoms with van der Waals surface area (Å²) in [5, 5.41) is 12.2. The monoisotopic (exact) mass is 325 g/mol. The smallest absolute Gasteiger partial charge is 0.253 e. The van der Waals surface area contributed by atoms with Gasteiger partial charge in [0.15, 0.2) is 0 Å². The Bertz CT molecular complexity index is 733. The number of nitrogens with zero attached hydrogens (tertiary/aromatic N) is 2. The molecular formula is C18H19N3O3. The lowest BCUT2D eigenvalue weighted by molar-refractivity contribution is -0.136. The number of benzene rings is 1. The predicted octanol–water partition coefficient (Wildman–Crippen LogP) is 1.71. The molecule has 0 saturated carbocycles. The first kappa shape index (κ1) is 16.0. The minimum atomic E-state index is -0.544. The third-order valence-electron chi connectivity index (χ3n) is 4.04. The van der Waals surface area contributed by atoms with Crippen molar-refractivity contribution >= 4 is 11.8 Å². The molecular weight excluding hydrogens is 306 g/mol. The highest BCUT2D eigenvalue weighted by molar-refractivity contribution is 5.97. The molecule has 1 aliphatic rings. The zero-order valence-electron chi connectivity index (χ0n) is 13.2. The Morgan fingerprint density at radius 1 is 1.29 bits per heavy atom. The molecule has 1 fully saturated rings. The van der Waals surface area contributed by atoms with Gasteiger partial charge in [0.2, 0.25) is 5.91 Å². The average molecular weight is 325 g/mol. The number of hydrogen-bond donors (Lipinski definition) is 2. The van der Waals surface area contributed by atoms with E-state index in [-0.39, 0.29) is 17.2 Å². The van der Waals surface area contributed by atoms with Gasteiger partial charge in [-0.1, -0.05) is 30.3 Å². The number of hydrogen-bond acceptors (Lipinski definition) is 4. The van der Waals surface area contributed by atoms with Crippen LogP contribution in [0.2, 0.25) is 0 Å². The van der Waals surface area contributed by atoms with Crippen molar-refractivity contribution in [3.05, 3.63) is 59.9 Å². The number of pyridine rings is 1. The van der Waals surface area contributed by atoms with Gasteiger partial charge in [-0.25, -0.2) is 0 Å². The molecule has 1 unspecified atom stereocenters. The minimum absolute atomic E-state index is 0.0773. The Morgan fingerprint density at radius 3 is 2.83 bits per heavy atom. The highest BCUT2D eigenvalue weighted by atomic mass is 16.3. The van der Waals surface area contributed by atoms with E-state index in [2.05, 4.69) is 10.3 Å². The second-order valence-corrected chi connectivity index (χ2v) is 5.85. The Balaban J connectivity index is 1.65. The van der Waals surface area contributed by atoms with Crippen molar-refractivity contribution in [3.8, 4) is 5.75 Å². The van der Waals surface area contributed by atoms with Gasteiger partial charge in [0.1, 0.15) is 11.8 Å². The number of amides is 2. The maximum absolute atomic E-state index is 12.6. The first-order chi connectivity index (χ1) is 11.6. The molecule has 2 N–H and O–H groups in total. The van der Waals surface area contributed by atoms with Crippen LogP contribution in [0.25, 0.3) is 0 Å². The first-order valence-corrected chi connectivity index (χ1v) is 7.91. The van der Waals surface area contributed by atoms with Gasteiger partial charge in [-0.3, -0.25) is 14.6 Å². The molecule has 2 aromatic rings. The Hall–Kier alpha value is -2.89. The van der Waals surface area contributed by atoms with Crippen LogP contribution in [-0.4, -0.2) is 39.4 Å². The summed E-state index contributed by atoms with van der Waals surface area (Å²) in [6.45, 7) is 1.23. The second kappa shape index (κ2) is 7.12. The van der Waals surface area contributed by atoms with Crippen LogP contribution in [0.5, 0.6) is 5.75 Å². The number of carbonyl (C=O) groups excluding carboxylic acids is 2. The summed E-state index contributed by atoms with van der Waals surface area (Å²) < 4.78 is 0. The number of likely N-dealkylation sites (tertiary alicyclic amines) is 1. The van der Waals surface area contributed by atoms with E-state index in [1.165, 1.54) is 18.5 Å². The Morgan fingerprint density at radius 2 is 2.08 bits per heavy atom. The van der Waals surface area contributed by atoms with Crippen molar-refractivity contribution in [3.63, 3.8) is 0 Å². The van der Waals surface area contributed by atoms with Gasteiger partial charge < -0.3 is 15.3 Å². The summed E-state index contributed by atoms with van der Waals surface area (Å²) in [5.41, 5.74) is 1.30. The highest BCUT2D eigenvalue weighted by Gasteiger charge is 2.30. The summed E-state index contributed by atoms with van der Waals surface area (Å²) in [7, 11) is 0. The molecule has 1 aliphatic heterocycles. The van der Waals surface area contributed by atoms with Crippen molar-refractivity contribution in [1.29, 1.82) is 0 Å². The number of carbonyl (C=O) groups is 2. The van der Waals surface area contributed by atoms with E-state index >= 15 is 0 Å². The van der Waals surface area contributed by atoms with E-state index in [1.807, 2.05) is 30.3 Å². The number of aromatic hydroxyl groups is 1. The van der Waals surface area contributed by atoms with Crippen LogP contribution in [0.4, 0.5) is 0 Å². The summed E-state index contributed by atoms with van der Waals surface area (Å²) in [4.78, 5) is 30.4. The van der Waals surface area contributed by atoms with Gasteiger partial charge in [-0.05, 0) is 24.5 Å². The summed E-state index contributed by atoms with van der Waals surface area (Å²) in [6, 6.07) is 10.6. The van der Waals surface area contributed by atoms with Crippen molar-refractivity contribution in [2.45, 2.75) is 25.4 Å². The fourth-order valence-electron chi connectivity index (χ4n) is 2.83. The molecule has 1 atom stereocenters. The van der Waals surface area contributed by atoms with Crippen LogP contribution in [0.1, 0.15) is 28.8 Å². The number of nitrogens with one attached hydrogen (secondary N) is 1. The fraction of sp³-hybridized carbons (Fsp3) is 0.278. The molecule has 0 aliphatic carbocycles. The van der Waals surface area contributed by atoms with Crippen LogP contribution < -0.4 is 5.32 Å². The van der Waals surface area contributed by atoms with Gasteiger partial charge in [0, 0.05) is 19.3 Å². The summed E-state index contributed by atoms with van der Waals surface area (Å²) >= 11 is 0. The van der Waals surface area contributed by atoms with E-state index in [0.717, 1.165) is 12.0 Å². The molecule has 1 aromatic carbocycles. The second-order valence-electron chi connectivity index (χ2n) is 5.85. The van der Waals surface area contributed by atoms with E-state index < -0.39 is 11.9 Å². The van der Waals surface area contributed by atoms with Gasteiger partial charge in [-0.2, -0.15) is 0 Å². The third kappa shape index (κ3) is 3.71. The van der Waals surface area contributed by atoms with Gasteiger partial charge >= 0.3 is 0 Å². The number of rotatable bonds is 4. The molecule has 2 heterocycles. The van der Waals surface area contributed by atoms with Crippen LogP contribution in [0.3, 0.4) is 0 Å². The molecule has 3 rings (SSSR count). The number of piperidine rings is 1. The van der Waals surface area contributed by atoms with Gasteiger partial charge in [0.25, 0.3) is 5.91 Å². The van der Waals surface area contributed by atoms with E-state index in [9.17, 15) is 14.7 Å². The highest BCUT2D eigenvalue weighted by Crippen LogP contribution is 2.16. The van der Waals surface area contributed by atoms with Crippen LogP contribution >= 0.6 is 0 Å². The molecule has 1 aromatic heterocycles. The zero-order valence-corrected chi connectivity index (χ0v) is 13.2. The average Bonchev–Trinajstić information content (AvgIpc) is 2.59. The maximum Gasteiger partial charge on any atom is 0.253 e. The first-order valence-electron chi connectivity index (χ1n) is 7.91. The fourth-order valence-corrected chi connectivity index (χ4v) is 2.83.